The summed E-state index contributed by atoms with van der Waals surface area (Å²) in [5, 5.41) is 0. The maximum Gasteiger partial charge on any atom is 0.167 e. The van der Waals surface area contributed by atoms with Gasteiger partial charge in [-0.25, -0.2) is 17.6 Å². The van der Waals surface area contributed by atoms with Crippen molar-refractivity contribution in [2.24, 2.45) is 5.92 Å². The fourth-order valence-electron chi connectivity index (χ4n) is 5.89. The van der Waals surface area contributed by atoms with E-state index in [4.69, 9.17) is 4.74 Å². The highest BCUT2D eigenvalue weighted by Crippen LogP contribution is 2.41. The smallest absolute Gasteiger partial charge is 0.167 e. The molecule has 0 aromatic heterocycles. The van der Waals surface area contributed by atoms with Crippen molar-refractivity contribution >= 4 is 0 Å². The molecule has 1 saturated carbocycles. The van der Waals surface area contributed by atoms with Crippen LogP contribution in [-0.4, -0.2) is 12.7 Å². The number of ether oxygens (including phenoxy) is 1. The normalized spacial score (nSPS) is 24.9. The van der Waals surface area contributed by atoms with Gasteiger partial charge in [0.2, 0.25) is 0 Å². The van der Waals surface area contributed by atoms with Crippen molar-refractivity contribution < 1.29 is 22.3 Å². The van der Waals surface area contributed by atoms with Gasteiger partial charge in [0.25, 0.3) is 0 Å². The fourth-order valence-corrected chi connectivity index (χ4v) is 5.89. The van der Waals surface area contributed by atoms with Gasteiger partial charge in [-0.15, -0.1) is 6.58 Å². The van der Waals surface area contributed by atoms with Crippen molar-refractivity contribution in [3.8, 4) is 11.1 Å². The van der Waals surface area contributed by atoms with E-state index in [1.165, 1.54) is 18.2 Å². The van der Waals surface area contributed by atoms with Crippen LogP contribution in [0.2, 0.25) is 0 Å². The van der Waals surface area contributed by atoms with Gasteiger partial charge in [0.15, 0.2) is 23.3 Å². The molecule has 0 N–H and O–H groups in total. The van der Waals surface area contributed by atoms with Crippen LogP contribution in [0.25, 0.3) is 11.1 Å². The van der Waals surface area contributed by atoms with Crippen LogP contribution in [0.3, 0.4) is 0 Å². The maximum absolute atomic E-state index is 15.1. The molecule has 2 atom stereocenters. The summed E-state index contributed by atoms with van der Waals surface area (Å²) in [5.41, 5.74) is 0.0958. The average Bonchev–Trinajstić information content (AvgIpc) is 2.87. The van der Waals surface area contributed by atoms with Gasteiger partial charge in [-0.2, -0.15) is 0 Å². The summed E-state index contributed by atoms with van der Waals surface area (Å²) in [4.78, 5) is 0. The molecule has 2 aromatic rings. The van der Waals surface area contributed by atoms with E-state index in [0.29, 0.717) is 24.5 Å². The van der Waals surface area contributed by atoms with Crippen LogP contribution in [0.1, 0.15) is 94.1 Å². The van der Waals surface area contributed by atoms with Crippen LogP contribution in [-0.2, 0) is 4.74 Å². The second-order valence-electron chi connectivity index (χ2n) is 10.3. The van der Waals surface area contributed by atoms with Crippen molar-refractivity contribution in [1.29, 1.82) is 0 Å². The first kappa shape index (κ1) is 25.9. The van der Waals surface area contributed by atoms with E-state index >= 15 is 17.6 Å². The Morgan fingerprint density at radius 2 is 1.34 bits per heavy atom. The Balaban J connectivity index is 1.51. The summed E-state index contributed by atoms with van der Waals surface area (Å²) in [6.07, 6.45) is 11.2. The lowest BCUT2D eigenvalue weighted by atomic mass is 9.77. The Morgan fingerprint density at radius 3 is 1.86 bits per heavy atom. The fraction of sp³-hybridized carbons (Fsp3) is 0.533. The summed E-state index contributed by atoms with van der Waals surface area (Å²) in [5.74, 6) is -3.87. The van der Waals surface area contributed by atoms with Gasteiger partial charge in [-0.05, 0) is 80.8 Å². The highest BCUT2D eigenvalue weighted by molar-refractivity contribution is 5.66. The summed E-state index contributed by atoms with van der Waals surface area (Å²) in [6.45, 7) is 6.20. The van der Waals surface area contributed by atoms with E-state index in [1.807, 2.05) is 6.08 Å². The van der Waals surface area contributed by atoms with Gasteiger partial charge in [0, 0.05) is 17.0 Å². The second-order valence-corrected chi connectivity index (χ2v) is 10.3. The zero-order valence-electron chi connectivity index (χ0n) is 20.6. The molecular weight excluding hydrogens is 452 g/mol. The second kappa shape index (κ2) is 11.7. The lowest BCUT2D eigenvalue weighted by Crippen LogP contribution is -2.25. The minimum Gasteiger partial charge on any atom is -0.378 e. The molecule has 0 bridgehead atoms. The SMILES string of the molecule is C=CCCC1CCC(c2ccc(-c3ccc(C4CCC(CCC)OC4)c(F)c3F)c(F)c2F)CC1. The van der Waals surface area contributed by atoms with Gasteiger partial charge < -0.3 is 4.74 Å². The van der Waals surface area contributed by atoms with E-state index in [0.717, 1.165) is 57.8 Å². The third-order valence-corrected chi connectivity index (χ3v) is 8.00. The number of hydrogen-bond donors (Lipinski definition) is 0. The lowest BCUT2D eigenvalue weighted by Gasteiger charge is -2.30. The van der Waals surface area contributed by atoms with E-state index < -0.39 is 23.3 Å². The molecule has 35 heavy (non-hydrogen) atoms. The molecule has 2 aromatic carbocycles. The van der Waals surface area contributed by atoms with Crippen LogP contribution in [0, 0.1) is 29.2 Å². The van der Waals surface area contributed by atoms with Crippen LogP contribution in [0.4, 0.5) is 17.6 Å². The van der Waals surface area contributed by atoms with Crippen molar-refractivity contribution in [2.75, 3.05) is 6.61 Å². The third kappa shape index (κ3) is 5.66. The Morgan fingerprint density at radius 1 is 0.771 bits per heavy atom. The largest absolute Gasteiger partial charge is 0.378 e. The maximum atomic E-state index is 15.1. The number of allylic oxidation sites excluding steroid dienone is 1. The molecular formula is C30H36F4O. The highest BCUT2D eigenvalue weighted by atomic mass is 19.2. The first-order valence-corrected chi connectivity index (χ1v) is 13.1. The first-order valence-electron chi connectivity index (χ1n) is 13.1. The molecule has 2 aliphatic rings. The molecule has 1 aliphatic heterocycles. The van der Waals surface area contributed by atoms with Gasteiger partial charge >= 0.3 is 0 Å². The van der Waals surface area contributed by atoms with Crippen molar-refractivity contribution in [3.05, 3.63) is 71.3 Å². The standard InChI is InChI=1S/C30H36F4O/c1-3-5-7-19-8-10-20(11-9-19)23-14-16-25(29(33)27(23)31)26-17-15-24(28(32)30(26)34)21-12-13-22(6-4-2)35-18-21/h3,14-17,19-22H,1,4-13,18H2,2H3. The Kier molecular flexibility index (Phi) is 8.69. The summed E-state index contributed by atoms with van der Waals surface area (Å²) < 4.78 is 66.2. The number of hydrogen-bond acceptors (Lipinski definition) is 1. The van der Waals surface area contributed by atoms with Crippen molar-refractivity contribution in [1.82, 2.24) is 0 Å². The molecule has 1 nitrogen and oxygen atoms in total. The summed E-state index contributed by atoms with van der Waals surface area (Å²) >= 11 is 0. The molecule has 190 valence electrons. The quantitative estimate of drug-likeness (QED) is 0.266. The first-order chi connectivity index (χ1) is 16.9. The van der Waals surface area contributed by atoms with Gasteiger partial charge in [0.1, 0.15) is 0 Å². The molecule has 1 saturated heterocycles. The van der Waals surface area contributed by atoms with Gasteiger partial charge in [0.05, 0.1) is 12.7 Å². The molecule has 0 radical (unpaired) electrons. The molecule has 0 spiro atoms. The molecule has 4 rings (SSSR count). The predicted octanol–water partition coefficient (Wildman–Crippen LogP) is 9.21. The van der Waals surface area contributed by atoms with Crippen LogP contribution >= 0.6 is 0 Å². The summed E-state index contributed by atoms with van der Waals surface area (Å²) in [6, 6.07) is 5.82. The summed E-state index contributed by atoms with van der Waals surface area (Å²) in [7, 11) is 0. The zero-order valence-corrected chi connectivity index (χ0v) is 20.6. The molecule has 1 heterocycles. The van der Waals surface area contributed by atoms with Crippen LogP contribution in [0.15, 0.2) is 36.9 Å². The van der Waals surface area contributed by atoms with E-state index in [2.05, 4.69) is 13.5 Å². The van der Waals surface area contributed by atoms with Gasteiger partial charge in [-0.3, -0.25) is 0 Å². The monoisotopic (exact) mass is 488 g/mol. The van der Waals surface area contributed by atoms with E-state index in [-0.39, 0.29) is 34.6 Å². The minimum absolute atomic E-state index is 0.0506. The molecule has 0 amide bonds. The topological polar surface area (TPSA) is 9.23 Å². The predicted molar refractivity (Wildman–Crippen MR) is 132 cm³/mol. The van der Waals surface area contributed by atoms with E-state index in [9.17, 15) is 0 Å². The minimum atomic E-state index is -1.13. The Bertz CT molecular complexity index is 1020. The number of halogens is 4. The number of rotatable bonds is 8. The Labute approximate surface area is 206 Å². The zero-order chi connectivity index (χ0) is 24.9. The van der Waals surface area contributed by atoms with Gasteiger partial charge in [-0.1, -0.05) is 43.7 Å². The highest BCUT2D eigenvalue weighted by Gasteiger charge is 2.29. The van der Waals surface area contributed by atoms with Crippen molar-refractivity contribution in [2.45, 2.75) is 89.1 Å². The molecule has 2 unspecified atom stereocenters. The number of benzene rings is 2. The Hall–Kier alpha value is -2.14. The third-order valence-electron chi connectivity index (χ3n) is 8.00. The molecule has 5 heteroatoms. The average molecular weight is 489 g/mol. The lowest BCUT2D eigenvalue weighted by molar-refractivity contribution is -0.00181. The molecule has 2 fully saturated rings. The van der Waals surface area contributed by atoms with E-state index in [1.54, 1.807) is 6.07 Å². The van der Waals surface area contributed by atoms with Crippen molar-refractivity contribution in [3.63, 3.8) is 0 Å². The van der Waals surface area contributed by atoms with Crippen LogP contribution < -0.4 is 0 Å². The van der Waals surface area contributed by atoms with Crippen LogP contribution in [0.5, 0.6) is 0 Å². The molecule has 1 aliphatic carbocycles.